The molecule has 0 fully saturated rings. The minimum Gasteiger partial charge on any atom is -0.507 e. The Morgan fingerprint density at radius 2 is 2.31 bits per heavy atom. The molecule has 3 nitrogen and oxygen atoms in total. The Hall–Kier alpha value is -1.77. The molecule has 0 aliphatic rings. The molecule has 0 aromatic carbocycles. The van der Waals surface area contributed by atoms with Gasteiger partial charge in [-0.1, -0.05) is 18.7 Å². The van der Waals surface area contributed by atoms with Gasteiger partial charge in [0, 0.05) is 0 Å². The highest BCUT2D eigenvalue weighted by molar-refractivity contribution is 5.38. The Labute approximate surface area is 74.9 Å². The first-order valence-corrected chi connectivity index (χ1v) is 3.81. The predicted octanol–water partition coefficient (Wildman–Crippen LogP) is 0.112. The lowest BCUT2D eigenvalue weighted by Gasteiger charge is -1.91. The van der Waals surface area contributed by atoms with Crippen LogP contribution >= 0.6 is 0 Å². The van der Waals surface area contributed by atoms with Crippen LogP contribution < -0.4 is 16.3 Å². The molecule has 0 unspecified atom stereocenters. The van der Waals surface area contributed by atoms with Crippen molar-refractivity contribution >= 4 is 12.2 Å². The van der Waals surface area contributed by atoms with Gasteiger partial charge in [-0.25, -0.2) is 4.79 Å². The normalized spacial score (nSPS) is 13.3. The molecule has 0 spiro atoms. The van der Waals surface area contributed by atoms with Crippen molar-refractivity contribution in [1.29, 1.82) is 0 Å². The van der Waals surface area contributed by atoms with Crippen LogP contribution in [0.4, 0.5) is 0 Å². The number of rotatable bonds is 1. The molecule has 3 heteroatoms. The molecule has 13 heavy (non-hydrogen) atoms. The first-order valence-electron chi connectivity index (χ1n) is 3.81. The molecule has 0 radical (unpaired) electrons. The lowest BCUT2D eigenvalue weighted by molar-refractivity contribution is 0.425. The van der Waals surface area contributed by atoms with Crippen molar-refractivity contribution in [1.82, 2.24) is 0 Å². The van der Waals surface area contributed by atoms with Crippen LogP contribution in [0.1, 0.15) is 6.92 Å². The fraction of sp³-hybridized carbons (Fsp3) is 0.100. The molecule has 1 rings (SSSR count). The second-order valence-electron chi connectivity index (χ2n) is 2.42. The van der Waals surface area contributed by atoms with E-state index in [9.17, 15) is 9.90 Å². The molecule has 0 aliphatic heterocycles. The standard InChI is InChI=1S/C10H10O3/c1-3-5-9-7(4-2)8(11)6-10(12)13-9/h3-6,11H,1H2,2H3/b7-4-,9-5+. The van der Waals surface area contributed by atoms with Gasteiger partial charge in [0.15, 0.2) is 0 Å². The Kier molecular flexibility index (Phi) is 2.69. The third-order valence-electron chi connectivity index (χ3n) is 1.56. The summed E-state index contributed by atoms with van der Waals surface area (Å²) in [6, 6.07) is 1.04. The van der Waals surface area contributed by atoms with Crippen LogP contribution in [-0.4, -0.2) is 5.11 Å². The zero-order chi connectivity index (χ0) is 9.84. The lowest BCUT2D eigenvalue weighted by Crippen LogP contribution is -2.28. The molecule has 0 bridgehead atoms. The van der Waals surface area contributed by atoms with E-state index in [-0.39, 0.29) is 5.75 Å². The molecule has 0 amide bonds. The number of hydrogen-bond donors (Lipinski definition) is 1. The largest absolute Gasteiger partial charge is 0.507 e. The molecule has 0 atom stereocenters. The minimum absolute atomic E-state index is 0.0770. The fourth-order valence-corrected chi connectivity index (χ4v) is 1.03. The van der Waals surface area contributed by atoms with Crippen LogP contribution in [0.25, 0.3) is 12.2 Å². The summed E-state index contributed by atoms with van der Waals surface area (Å²) in [6.45, 7) is 5.22. The van der Waals surface area contributed by atoms with Crippen LogP contribution in [0.15, 0.2) is 27.9 Å². The number of aromatic hydroxyl groups is 1. The third kappa shape index (κ3) is 1.87. The van der Waals surface area contributed by atoms with Crippen LogP contribution in [0.3, 0.4) is 0 Å². The van der Waals surface area contributed by atoms with Gasteiger partial charge in [0.1, 0.15) is 11.2 Å². The van der Waals surface area contributed by atoms with E-state index in [4.69, 9.17) is 4.42 Å². The zero-order valence-corrected chi connectivity index (χ0v) is 7.28. The van der Waals surface area contributed by atoms with Gasteiger partial charge < -0.3 is 9.52 Å². The average molecular weight is 178 g/mol. The molecule has 0 aliphatic carbocycles. The zero-order valence-electron chi connectivity index (χ0n) is 7.28. The van der Waals surface area contributed by atoms with Gasteiger partial charge in [-0.15, -0.1) is 0 Å². The molecular formula is C10H10O3. The molecule has 0 saturated carbocycles. The van der Waals surface area contributed by atoms with E-state index < -0.39 is 5.63 Å². The summed E-state index contributed by atoms with van der Waals surface area (Å²) in [5.74, 6) is -0.0770. The molecule has 0 saturated heterocycles. The number of allylic oxidation sites excluding steroid dienone is 1. The summed E-state index contributed by atoms with van der Waals surface area (Å²) in [7, 11) is 0. The second kappa shape index (κ2) is 3.76. The van der Waals surface area contributed by atoms with Crippen LogP contribution in [0, 0.1) is 0 Å². The highest BCUT2D eigenvalue weighted by Crippen LogP contribution is 1.89. The Bertz CT molecular complexity index is 480. The van der Waals surface area contributed by atoms with Crippen molar-refractivity contribution < 1.29 is 9.52 Å². The van der Waals surface area contributed by atoms with Crippen molar-refractivity contribution in [3.05, 3.63) is 39.8 Å². The molecule has 68 valence electrons. The summed E-state index contributed by atoms with van der Waals surface area (Å²) in [5.41, 5.74) is -0.251. The van der Waals surface area contributed by atoms with Gasteiger partial charge in [0.25, 0.3) is 0 Å². The van der Waals surface area contributed by atoms with Gasteiger partial charge in [0.2, 0.25) is 0 Å². The molecule has 1 heterocycles. The Morgan fingerprint density at radius 1 is 1.62 bits per heavy atom. The molecule has 1 N–H and O–H groups in total. The molecule has 1 aromatic rings. The second-order valence-corrected chi connectivity index (χ2v) is 2.42. The average Bonchev–Trinajstić information content (AvgIpc) is 2.04. The van der Waals surface area contributed by atoms with E-state index in [1.54, 1.807) is 13.0 Å². The monoisotopic (exact) mass is 178 g/mol. The van der Waals surface area contributed by atoms with Gasteiger partial charge in [0.05, 0.1) is 11.3 Å². The summed E-state index contributed by atoms with van der Waals surface area (Å²) in [5, 5.41) is 9.85. The maximum absolute atomic E-state index is 10.9. The minimum atomic E-state index is -0.573. The smallest absolute Gasteiger partial charge is 0.339 e. The van der Waals surface area contributed by atoms with Gasteiger partial charge in [-0.05, 0) is 13.0 Å². The summed E-state index contributed by atoms with van der Waals surface area (Å²) in [4.78, 5) is 10.9. The van der Waals surface area contributed by atoms with Crippen LogP contribution in [0.5, 0.6) is 5.75 Å². The van der Waals surface area contributed by atoms with Crippen molar-refractivity contribution in [3.63, 3.8) is 0 Å². The van der Waals surface area contributed by atoms with E-state index in [0.717, 1.165) is 6.07 Å². The van der Waals surface area contributed by atoms with Crippen LogP contribution in [0.2, 0.25) is 0 Å². The summed E-state index contributed by atoms with van der Waals surface area (Å²) >= 11 is 0. The summed E-state index contributed by atoms with van der Waals surface area (Å²) < 4.78 is 4.85. The van der Waals surface area contributed by atoms with Crippen molar-refractivity contribution in [3.8, 4) is 5.75 Å². The topological polar surface area (TPSA) is 50.4 Å². The van der Waals surface area contributed by atoms with E-state index in [1.165, 1.54) is 12.2 Å². The van der Waals surface area contributed by atoms with E-state index in [0.29, 0.717) is 10.6 Å². The number of hydrogen-bond acceptors (Lipinski definition) is 3. The van der Waals surface area contributed by atoms with Crippen molar-refractivity contribution in [2.75, 3.05) is 0 Å². The van der Waals surface area contributed by atoms with E-state index in [1.807, 2.05) is 0 Å². The van der Waals surface area contributed by atoms with E-state index in [2.05, 4.69) is 6.58 Å². The Morgan fingerprint density at radius 3 is 2.85 bits per heavy atom. The molecular weight excluding hydrogens is 168 g/mol. The first-order chi connectivity index (χ1) is 6.19. The van der Waals surface area contributed by atoms with E-state index >= 15 is 0 Å². The Balaban J connectivity index is 3.79. The third-order valence-corrected chi connectivity index (χ3v) is 1.56. The maximum atomic E-state index is 10.9. The maximum Gasteiger partial charge on any atom is 0.339 e. The lowest BCUT2D eigenvalue weighted by atomic mass is 10.3. The summed E-state index contributed by atoms with van der Waals surface area (Å²) in [6.07, 6.45) is 4.68. The molecule has 1 aromatic heterocycles. The van der Waals surface area contributed by atoms with Gasteiger partial charge >= 0.3 is 5.63 Å². The highest BCUT2D eigenvalue weighted by atomic mass is 16.4. The van der Waals surface area contributed by atoms with Crippen molar-refractivity contribution in [2.24, 2.45) is 0 Å². The van der Waals surface area contributed by atoms with Gasteiger partial charge in [-0.3, -0.25) is 0 Å². The highest BCUT2D eigenvalue weighted by Gasteiger charge is 1.96. The first kappa shape index (κ1) is 9.32. The fourth-order valence-electron chi connectivity index (χ4n) is 1.03. The van der Waals surface area contributed by atoms with Gasteiger partial charge in [-0.2, -0.15) is 0 Å². The SMILES string of the molecule is C=C/C=c1/oc(=O)cc(O)/c1=C/C. The van der Waals surface area contributed by atoms with Crippen LogP contribution in [-0.2, 0) is 0 Å². The van der Waals surface area contributed by atoms with Crippen molar-refractivity contribution in [2.45, 2.75) is 6.92 Å². The quantitative estimate of drug-likeness (QED) is 0.664. The predicted molar refractivity (Wildman–Crippen MR) is 50.7 cm³/mol.